The van der Waals surface area contributed by atoms with Crippen LogP contribution in [0.2, 0.25) is 0 Å². The number of hydrogen-bond donors (Lipinski definition) is 1. The van der Waals surface area contributed by atoms with E-state index >= 15 is 0 Å². The lowest BCUT2D eigenvalue weighted by atomic mass is 9.86. The minimum Gasteiger partial charge on any atom is -0.350 e. The molecule has 6 heteroatoms. The Morgan fingerprint density at radius 2 is 1.97 bits per heavy atom. The number of carbonyl (C=O) groups excluding carboxylic acids is 2. The van der Waals surface area contributed by atoms with Gasteiger partial charge in [0.2, 0.25) is 5.91 Å². The van der Waals surface area contributed by atoms with Crippen LogP contribution in [0.4, 0.5) is 0 Å². The monoisotopic (exact) mass is 467 g/mol. The third kappa shape index (κ3) is 3.91. The maximum absolute atomic E-state index is 13.0. The van der Waals surface area contributed by atoms with E-state index in [0.29, 0.717) is 6.54 Å². The van der Waals surface area contributed by atoms with Crippen LogP contribution >= 0.6 is 15.9 Å². The first-order valence-electron chi connectivity index (χ1n) is 10.7. The molecule has 2 fully saturated rings. The van der Waals surface area contributed by atoms with Crippen LogP contribution in [0.3, 0.4) is 0 Å². The Morgan fingerprint density at radius 3 is 2.73 bits per heavy atom. The first-order chi connectivity index (χ1) is 14.5. The van der Waals surface area contributed by atoms with Crippen molar-refractivity contribution in [3.63, 3.8) is 0 Å². The SMILES string of the molecule is O=C(CN1CC2(CC2)c2cc(Br)ccc2C1=O)N[C@@H]1CCN(Cc2ccccc2)C1. The number of rotatable bonds is 5. The van der Waals surface area contributed by atoms with Crippen LogP contribution in [0.5, 0.6) is 0 Å². The van der Waals surface area contributed by atoms with Gasteiger partial charge in [-0.15, -0.1) is 0 Å². The molecule has 2 aliphatic heterocycles. The normalized spacial score (nSPS) is 22.2. The summed E-state index contributed by atoms with van der Waals surface area (Å²) in [5.74, 6) is -0.0754. The number of fused-ring (bicyclic) bond motifs is 2. The van der Waals surface area contributed by atoms with Crippen molar-refractivity contribution >= 4 is 27.7 Å². The second kappa shape index (κ2) is 7.82. The Bertz CT molecular complexity index is 974. The van der Waals surface area contributed by atoms with Crippen molar-refractivity contribution in [1.82, 2.24) is 15.1 Å². The molecule has 0 radical (unpaired) electrons. The Morgan fingerprint density at radius 1 is 1.17 bits per heavy atom. The van der Waals surface area contributed by atoms with Gasteiger partial charge in [0.05, 0.1) is 6.54 Å². The lowest BCUT2D eigenvalue weighted by Gasteiger charge is -2.34. The van der Waals surface area contributed by atoms with Gasteiger partial charge in [0.1, 0.15) is 0 Å². The first kappa shape index (κ1) is 19.8. The van der Waals surface area contributed by atoms with Gasteiger partial charge in [-0.05, 0) is 48.6 Å². The molecule has 5 nitrogen and oxygen atoms in total. The van der Waals surface area contributed by atoms with Crippen LogP contribution in [0.1, 0.15) is 40.7 Å². The number of carbonyl (C=O) groups is 2. The van der Waals surface area contributed by atoms with E-state index in [-0.39, 0.29) is 29.8 Å². The molecule has 1 N–H and O–H groups in total. The number of hydrogen-bond acceptors (Lipinski definition) is 3. The van der Waals surface area contributed by atoms with Crippen LogP contribution in [-0.4, -0.2) is 53.8 Å². The average molecular weight is 468 g/mol. The number of amides is 2. The molecule has 156 valence electrons. The number of halogens is 1. The van der Waals surface area contributed by atoms with Crippen molar-refractivity contribution in [2.24, 2.45) is 0 Å². The Hall–Kier alpha value is -2.18. The zero-order chi connectivity index (χ0) is 20.7. The number of benzene rings is 2. The average Bonchev–Trinajstić information content (AvgIpc) is 3.38. The maximum atomic E-state index is 13.0. The molecule has 1 atom stereocenters. The van der Waals surface area contributed by atoms with Crippen LogP contribution in [0.15, 0.2) is 53.0 Å². The molecule has 30 heavy (non-hydrogen) atoms. The maximum Gasteiger partial charge on any atom is 0.254 e. The highest BCUT2D eigenvalue weighted by molar-refractivity contribution is 9.10. The van der Waals surface area contributed by atoms with Crippen molar-refractivity contribution < 1.29 is 9.59 Å². The van der Waals surface area contributed by atoms with Crippen molar-refractivity contribution in [3.05, 3.63) is 69.7 Å². The lowest BCUT2D eigenvalue weighted by molar-refractivity contribution is -0.122. The molecule has 2 aromatic rings. The van der Waals surface area contributed by atoms with Crippen molar-refractivity contribution in [1.29, 1.82) is 0 Å². The minimum absolute atomic E-state index is 0.0256. The molecule has 2 heterocycles. The Labute approximate surface area is 185 Å². The van der Waals surface area contributed by atoms with Gasteiger partial charge in [0.25, 0.3) is 5.91 Å². The highest BCUT2D eigenvalue weighted by Gasteiger charge is 2.51. The van der Waals surface area contributed by atoms with E-state index < -0.39 is 0 Å². The van der Waals surface area contributed by atoms with Gasteiger partial charge >= 0.3 is 0 Å². The molecule has 1 saturated heterocycles. The smallest absolute Gasteiger partial charge is 0.254 e. The summed E-state index contributed by atoms with van der Waals surface area (Å²) >= 11 is 3.53. The second-order valence-electron chi connectivity index (χ2n) is 8.91. The van der Waals surface area contributed by atoms with Crippen LogP contribution in [0, 0.1) is 0 Å². The predicted molar refractivity (Wildman–Crippen MR) is 119 cm³/mol. The van der Waals surface area contributed by atoms with E-state index in [2.05, 4.69) is 56.5 Å². The zero-order valence-electron chi connectivity index (χ0n) is 16.9. The van der Waals surface area contributed by atoms with E-state index in [0.717, 1.165) is 54.5 Å². The zero-order valence-corrected chi connectivity index (χ0v) is 18.5. The standard InChI is InChI=1S/C24H26BrN3O2/c25-18-6-7-20-21(12-18)24(9-10-24)16-28(23(20)30)15-22(29)26-19-8-11-27(14-19)13-17-4-2-1-3-5-17/h1-7,12,19H,8-11,13-16H2,(H,26,29)/t19-/m1/s1. The fraction of sp³-hybridized carbons (Fsp3) is 0.417. The summed E-state index contributed by atoms with van der Waals surface area (Å²) in [7, 11) is 0. The fourth-order valence-electron chi connectivity index (χ4n) is 4.92. The molecule has 2 amide bonds. The topological polar surface area (TPSA) is 52.7 Å². The minimum atomic E-state index is -0.0497. The number of nitrogens with one attached hydrogen (secondary N) is 1. The summed E-state index contributed by atoms with van der Waals surface area (Å²) in [6, 6.07) is 16.5. The largest absolute Gasteiger partial charge is 0.350 e. The lowest BCUT2D eigenvalue weighted by Crippen LogP contribution is -2.49. The molecule has 3 aliphatic rings. The van der Waals surface area contributed by atoms with Crippen molar-refractivity contribution in [2.45, 2.75) is 37.3 Å². The highest BCUT2D eigenvalue weighted by Crippen LogP contribution is 2.52. The van der Waals surface area contributed by atoms with E-state index in [1.807, 2.05) is 18.2 Å². The van der Waals surface area contributed by atoms with Crippen molar-refractivity contribution in [2.75, 3.05) is 26.2 Å². The molecular weight excluding hydrogens is 442 g/mol. The second-order valence-corrected chi connectivity index (χ2v) is 9.82. The molecular formula is C24H26BrN3O2. The molecule has 2 aromatic carbocycles. The summed E-state index contributed by atoms with van der Waals surface area (Å²) in [5, 5.41) is 3.16. The summed E-state index contributed by atoms with van der Waals surface area (Å²) in [6.45, 7) is 3.54. The van der Waals surface area contributed by atoms with E-state index in [1.54, 1.807) is 4.90 Å². The number of nitrogens with zero attached hydrogens (tertiary/aromatic N) is 2. The summed E-state index contributed by atoms with van der Waals surface area (Å²) in [5.41, 5.74) is 3.24. The molecule has 5 rings (SSSR count). The molecule has 0 aromatic heterocycles. The first-order valence-corrected chi connectivity index (χ1v) is 11.5. The Kier molecular flexibility index (Phi) is 5.15. The van der Waals surface area contributed by atoms with Gasteiger partial charge in [-0.1, -0.05) is 46.3 Å². The summed E-state index contributed by atoms with van der Waals surface area (Å²) in [6.07, 6.45) is 3.12. The molecule has 1 saturated carbocycles. The fourth-order valence-corrected chi connectivity index (χ4v) is 5.28. The van der Waals surface area contributed by atoms with E-state index in [4.69, 9.17) is 0 Å². The molecule has 1 spiro atoms. The van der Waals surface area contributed by atoms with Crippen molar-refractivity contribution in [3.8, 4) is 0 Å². The van der Waals surface area contributed by atoms with Gasteiger partial charge in [-0.2, -0.15) is 0 Å². The quantitative estimate of drug-likeness (QED) is 0.733. The van der Waals surface area contributed by atoms with Crippen LogP contribution in [-0.2, 0) is 16.8 Å². The molecule has 0 bridgehead atoms. The predicted octanol–water partition coefficient (Wildman–Crippen LogP) is 3.33. The Balaban J connectivity index is 1.18. The summed E-state index contributed by atoms with van der Waals surface area (Å²) < 4.78 is 1.01. The van der Waals surface area contributed by atoms with E-state index in [1.165, 1.54) is 5.56 Å². The van der Waals surface area contributed by atoms with Crippen LogP contribution in [0.25, 0.3) is 0 Å². The molecule has 0 unspecified atom stereocenters. The van der Waals surface area contributed by atoms with Gasteiger partial charge in [-0.3, -0.25) is 14.5 Å². The van der Waals surface area contributed by atoms with Crippen LogP contribution < -0.4 is 5.32 Å². The third-order valence-corrected chi connectivity index (χ3v) is 7.13. The molecule has 1 aliphatic carbocycles. The summed E-state index contributed by atoms with van der Waals surface area (Å²) in [4.78, 5) is 29.9. The van der Waals surface area contributed by atoms with Gasteiger partial charge in [0, 0.05) is 47.7 Å². The van der Waals surface area contributed by atoms with E-state index in [9.17, 15) is 9.59 Å². The van der Waals surface area contributed by atoms with Gasteiger partial charge < -0.3 is 10.2 Å². The number of likely N-dealkylation sites (tertiary alicyclic amines) is 1. The van der Waals surface area contributed by atoms with Gasteiger partial charge in [0.15, 0.2) is 0 Å². The van der Waals surface area contributed by atoms with Gasteiger partial charge in [-0.25, -0.2) is 0 Å². The highest BCUT2D eigenvalue weighted by atomic mass is 79.9. The third-order valence-electron chi connectivity index (χ3n) is 6.64.